The van der Waals surface area contributed by atoms with Gasteiger partial charge < -0.3 is 0 Å². The zero-order valence-corrected chi connectivity index (χ0v) is 33.1. The van der Waals surface area contributed by atoms with Crippen LogP contribution in [-0.4, -0.2) is 0 Å². The highest BCUT2D eigenvalue weighted by Crippen LogP contribution is 2.57. The van der Waals surface area contributed by atoms with Crippen LogP contribution in [0.1, 0.15) is 25.0 Å². The number of benzene rings is 11. The van der Waals surface area contributed by atoms with Crippen molar-refractivity contribution >= 4 is 53.9 Å². The summed E-state index contributed by atoms with van der Waals surface area (Å²) >= 11 is 0. The maximum atomic E-state index is 2.43. The summed E-state index contributed by atoms with van der Waals surface area (Å²) in [7, 11) is 0. The van der Waals surface area contributed by atoms with E-state index in [2.05, 4.69) is 220 Å². The van der Waals surface area contributed by atoms with Crippen molar-refractivity contribution in [3.8, 4) is 55.6 Å². The Morgan fingerprint density at radius 2 is 0.695 bits per heavy atom. The van der Waals surface area contributed by atoms with Crippen LogP contribution in [0.5, 0.6) is 0 Å². The molecule has 0 radical (unpaired) electrons. The normalized spacial score (nSPS) is 13.1. The van der Waals surface area contributed by atoms with Crippen molar-refractivity contribution in [2.75, 3.05) is 0 Å². The Morgan fingerprint density at radius 3 is 1.36 bits per heavy atom. The minimum absolute atomic E-state index is 0.186. The maximum absolute atomic E-state index is 2.43. The summed E-state index contributed by atoms with van der Waals surface area (Å²) in [6.07, 6.45) is 0. The summed E-state index contributed by atoms with van der Waals surface area (Å²) < 4.78 is 0. The Balaban J connectivity index is 1.03. The number of fused-ring (bicyclic) bond motifs is 11. The molecule has 0 heteroatoms. The number of rotatable bonds is 4. The lowest BCUT2D eigenvalue weighted by molar-refractivity contribution is 0.668. The van der Waals surface area contributed by atoms with Crippen molar-refractivity contribution in [3.63, 3.8) is 0 Å². The molecule has 0 N–H and O–H groups in total. The minimum Gasteiger partial charge on any atom is -0.0616 e. The predicted molar refractivity (Wildman–Crippen MR) is 253 cm³/mol. The van der Waals surface area contributed by atoms with E-state index in [1.807, 2.05) is 0 Å². The maximum Gasteiger partial charge on any atom is 0.0171 e. The zero-order valence-electron chi connectivity index (χ0n) is 33.1. The van der Waals surface area contributed by atoms with Gasteiger partial charge in [0, 0.05) is 5.41 Å². The van der Waals surface area contributed by atoms with Crippen LogP contribution < -0.4 is 0 Å². The Bertz CT molecular complexity index is 3450. The molecule has 0 unspecified atom stereocenters. The highest BCUT2D eigenvalue weighted by molar-refractivity contribution is 6.23. The van der Waals surface area contributed by atoms with Crippen molar-refractivity contribution in [3.05, 3.63) is 217 Å². The van der Waals surface area contributed by atoms with Crippen molar-refractivity contribution in [2.45, 2.75) is 19.3 Å². The minimum atomic E-state index is -0.186. The topological polar surface area (TPSA) is 0 Å². The van der Waals surface area contributed by atoms with Crippen molar-refractivity contribution in [1.82, 2.24) is 0 Å². The summed E-state index contributed by atoms with van der Waals surface area (Å²) in [6.45, 7) is 4.85. The van der Waals surface area contributed by atoms with Crippen LogP contribution in [0.15, 0.2) is 206 Å². The Kier molecular flexibility index (Phi) is 7.38. The first kappa shape index (κ1) is 33.8. The molecule has 1 aliphatic carbocycles. The quantitative estimate of drug-likeness (QED) is 0.124. The average Bonchev–Trinajstić information content (AvgIpc) is 3.55. The van der Waals surface area contributed by atoms with Gasteiger partial charge in [0.2, 0.25) is 0 Å². The molecule has 0 spiro atoms. The fourth-order valence-electron chi connectivity index (χ4n) is 10.7. The van der Waals surface area contributed by atoms with Crippen LogP contribution >= 0.6 is 0 Å². The van der Waals surface area contributed by atoms with Gasteiger partial charge in [-0.05, 0) is 127 Å². The SMILES string of the molecule is CC1(C)c2c(-c3ccc(-c4c5ccccc5c(-c5ccccc5-c5ccc6ccccc6c5)c5ccccc45)cc3)cccc2-c2c1c1ccccc1c1ccccc21. The first-order valence-corrected chi connectivity index (χ1v) is 20.8. The molecule has 1 aliphatic rings. The Morgan fingerprint density at radius 1 is 0.254 bits per heavy atom. The molecule has 59 heavy (non-hydrogen) atoms. The fourth-order valence-corrected chi connectivity index (χ4v) is 10.7. The van der Waals surface area contributed by atoms with Crippen LogP contribution in [0, 0.1) is 0 Å². The second kappa shape index (κ2) is 12.9. The second-order valence-corrected chi connectivity index (χ2v) is 16.7. The van der Waals surface area contributed by atoms with Gasteiger partial charge in [0.05, 0.1) is 0 Å². The molecule has 0 bridgehead atoms. The summed E-state index contributed by atoms with van der Waals surface area (Å²) in [6, 6.07) is 76.7. The molecule has 0 aliphatic heterocycles. The Hall–Kier alpha value is -7.28. The molecule has 0 heterocycles. The van der Waals surface area contributed by atoms with E-state index in [4.69, 9.17) is 0 Å². The lowest BCUT2D eigenvalue weighted by Gasteiger charge is -2.26. The van der Waals surface area contributed by atoms with Gasteiger partial charge in [0.1, 0.15) is 0 Å². The van der Waals surface area contributed by atoms with Gasteiger partial charge in [0.25, 0.3) is 0 Å². The van der Waals surface area contributed by atoms with Gasteiger partial charge in [-0.2, -0.15) is 0 Å². The summed E-state index contributed by atoms with van der Waals surface area (Å²) in [5.41, 5.74) is 15.5. The third-order valence-electron chi connectivity index (χ3n) is 13.2. The molecule has 0 saturated carbocycles. The van der Waals surface area contributed by atoms with Gasteiger partial charge in [-0.25, -0.2) is 0 Å². The first-order chi connectivity index (χ1) is 29.1. The molecule has 0 aromatic heterocycles. The lowest BCUT2D eigenvalue weighted by atomic mass is 9.76. The van der Waals surface area contributed by atoms with Crippen LogP contribution in [-0.2, 0) is 5.41 Å². The van der Waals surface area contributed by atoms with E-state index in [-0.39, 0.29) is 5.41 Å². The summed E-state index contributed by atoms with van der Waals surface area (Å²) in [5.74, 6) is 0. The number of hydrogen-bond donors (Lipinski definition) is 0. The standard InChI is InChI=1S/C59H40/c1-59(2)57-43(28-15-29-53(57)56-47-22-9-6-19-44(47)45-20-7-14-27-52(45)58(56)59)38-31-33-39(34-32-38)54-48-23-10-12-25-50(48)55(51-26-13-11-24-49(51)54)46-21-8-5-18-42(46)41-35-30-37-16-3-4-17-40(37)36-41/h3-36H,1-2H3. The van der Waals surface area contributed by atoms with E-state index < -0.39 is 0 Å². The lowest BCUT2D eigenvalue weighted by Crippen LogP contribution is -2.17. The molecule has 0 amide bonds. The smallest absolute Gasteiger partial charge is 0.0171 e. The summed E-state index contributed by atoms with van der Waals surface area (Å²) in [5, 5.41) is 12.9. The molecule has 12 rings (SSSR count). The molecule has 0 fully saturated rings. The van der Waals surface area contributed by atoms with Gasteiger partial charge in [-0.3, -0.25) is 0 Å². The molecule has 276 valence electrons. The van der Waals surface area contributed by atoms with Gasteiger partial charge in [-0.15, -0.1) is 0 Å². The van der Waals surface area contributed by atoms with Crippen molar-refractivity contribution in [2.24, 2.45) is 0 Å². The van der Waals surface area contributed by atoms with Gasteiger partial charge >= 0.3 is 0 Å². The van der Waals surface area contributed by atoms with Crippen molar-refractivity contribution in [1.29, 1.82) is 0 Å². The van der Waals surface area contributed by atoms with E-state index >= 15 is 0 Å². The van der Waals surface area contributed by atoms with Crippen LogP contribution in [0.3, 0.4) is 0 Å². The van der Waals surface area contributed by atoms with Crippen LogP contribution in [0.25, 0.3) is 109 Å². The van der Waals surface area contributed by atoms with E-state index in [1.54, 1.807) is 0 Å². The molecule has 11 aromatic rings. The molecule has 0 saturated heterocycles. The third-order valence-corrected chi connectivity index (χ3v) is 13.2. The van der Waals surface area contributed by atoms with E-state index in [0.29, 0.717) is 0 Å². The first-order valence-electron chi connectivity index (χ1n) is 20.8. The Labute approximate surface area is 344 Å². The molecular weight excluding hydrogens is 709 g/mol. The molecule has 0 nitrogen and oxygen atoms in total. The third kappa shape index (κ3) is 4.96. The monoisotopic (exact) mass is 748 g/mol. The molecule has 11 aromatic carbocycles. The van der Waals surface area contributed by atoms with Crippen LogP contribution in [0.2, 0.25) is 0 Å². The molecular formula is C59H40. The molecule has 0 atom stereocenters. The van der Waals surface area contributed by atoms with Gasteiger partial charge in [-0.1, -0.05) is 214 Å². The van der Waals surface area contributed by atoms with Crippen molar-refractivity contribution < 1.29 is 0 Å². The highest BCUT2D eigenvalue weighted by atomic mass is 14.4. The predicted octanol–water partition coefficient (Wildman–Crippen LogP) is 16.4. The average molecular weight is 749 g/mol. The van der Waals surface area contributed by atoms with E-state index in [1.165, 1.54) is 121 Å². The second-order valence-electron chi connectivity index (χ2n) is 16.7. The summed E-state index contributed by atoms with van der Waals surface area (Å²) in [4.78, 5) is 0. The van der Waals surface area contributed by atoms with Crippen LogP contribution in [0.4, 0.5) is 0 Å². The highest BCUT2D eigenvalue weighted by Gasteiger charge is 2.40. The largest absolute Gasteiger partial charge is 0.0616 e. The van der Waals surface area contributed by atoms with Gasteiger partial charge in [0.15, 0.2) is 0 Å². The number of hydrogen-bond acceptors (Lipinski definition) is 0. The van der Waals surface area contributed by atoms with E-state index in [9.17, 15) is 0 Å². The fraction of sp³-hybridized carbons (Fsp3) is 0.0508. The zero-order chi connectivity index (χ0) is 39.2. The van der Waals surface area contributed by atoms with E-state index in [0.717, 1.165) is 0 Å².